The van der Waals surface area contributed by atoms with Gasteiger partial charge in [0.15, 0.2) is 0 Å². The minimum atomic E-state index is -4.70. The molecule has 1 heterocycles. The third-order valence-corrected chi connectivity index (χ3v) is 5.55. The zero-order valence-corrected chi connectivity index (χ0v) is 14.3. The Hall–Kier alpha value is -2.15. The van der Waals surface area contributed by atoms with Crippen molar-refractivity contribution in [3.05, 3.63) is 58.9 Å². The molecule has 0 bridgehead atoms. The van der Waals surface area contributed by atoms with E-state index in [2.05, 4.69) is 4.98 Å². The summed E-state index contributed by atoms with van der Waals surface area (Å²) in [7, 11) is -4.01. The molecule has 2 rings (SSSR count). The van der Waals surface area contributed by atoms with Crippen LogP contribution in [0.25, 0.3) is 0 Å². The van der Waals surface area contributed by atoms with Crippen LogP contribution in [-0.4, -0.2) is 31.2 Å². The van der Waals surface area contributed by atoms with Gasteiger partial charge in [0, 0.05) is 30.0 Å². The van der Waals surface area contributed by atoms with Crippen LogP contribution in [0.1, 0.15) is 11.1 Å². The number of hydrogen-bond acceptors (Lipinski definition) is 4. The summed E-state index contributed by atoms with van der Waals surface area (Å²) >= 11 is 5.66. The lowest BCUT2D eigenvalue weighted by molar-refractivity contribution is -0.104. The molecule has 0 amide bonds. The maximum atomic E-state index is 15.2. The average Bonchev–Trinajstić information content (AvgIpc) is 2.60. The fourth-order valence-corrected chi connectivity index (χ4v) is 3.53. The van der Waals surface area contributed by atoms with Crippen molar-refractivity contribution >= 4 is 21.6 Å². The van der Waals surface area contributed by atoms with E-state index >= 15 is 4.39 Å². The second-order valence-corrected chi connectivity index (χ2v) is 7.38. The summed E-state index contributed by atoms with van der Waals surface area (Å²) in [5, 5.41) is 8.99. The molecule has 5 nitrogen and oxygen atoms in total. The third kappa shape index (κ3) is 3.46. The molecule has 0 radical (unpaired) electrons. The molecular weight excluding hydrogens is 379 g/mol. The highest BCUT2D eigenvalue weighted by Gasteiger charge is 2.51. The molecule has 0 saturated heterocycles. The Balaban J connectivity index is 2.58. The van der Waals surface area contributed by atoms with Gasteiger partial charge in [-0.3, -0.25) is 4.98 Å². The van der Waals surface area contributed by atoms with Crippen molar-refractivity contribution in [2.75, 3.05) is 7.05 Å². The fourth-order valence-electron chi connectivity index (χ4n) is 2.08. The van der Waals surface area contributed by atoms with Gasteiger partial charge in [0.05, 0.1) is 5.56 Å². The van der Waals surface area contributed by atoms with Crippen LogP contribution in [-0.2, 0) is 15.8 Å². The number of sulfonamides is 1. The van der Waals surface area contributed by atoms with Crippen LogP contribution < -0.4 is 0 Å². The van der Waals surface area contributed by atoms with Gasteiger partial charge in [-0.2, -0.15) is 9.57 Å². The van der Waals surface area contributed by atoms with E-state index < -0.39 is 32.7 Å². The van der Waals surface area contributed by atoms with Crippen LogP contribution >= 0.6 is 11.6 Å². The number of nitrogens with zero attached hydrogens (tertiary/aromatic N) is 3. The van der Waals surface area contributed by atoms with Gasteiger partial charge >= 0.3 is 0 Å². The summed E-state index contributed by atoms with van der Waals surface area (Å²) in [6.45, 7) is 0. The highest BCUT2D eigenvalue weighted by molar-refractivity contribution is 7.89. The highest BCUT2D eigenvalue weighted by Crippen LogP contribution is 2.39. The van der Waals surface area contributed by atoms with Crippen molar-refractivity contribution in [1.29, 1.82) is 5.26 Å². The van der Waals surface area contributed by atoms with Gasteiger partial charge in [0.1, 0.15) is 11.0 Å². The van der Waals surface area contributed by atoms with Crippen molar-refractivity contribution in [2.24, 2.45) is 0 Å². The molecule has 0 saturated carbocycles. The Bertz CT molecular complexity index is 916. The first-order valence-electron chi connectivity index (χ1n) is 6.71. The van der Waals surface area contributed by atoms with E-state index in [0.29, 0.717) is 7.05 Å². The van der Waals surface area contributed by atoms with E-state index in [0.717, 1.165) is 30.6 Å². The quantitative estimate of drug-likeness (QED) is 0.735. The number of alkyl halides is 3. The summed E-state index contributed by atoms with van der Waals surface area (Å²) in [4.78, 5) is 2.98. The summed E-state index contributed by atoms with van der Waals surface area (Å²) in [6, 6.07) is 6.90. The first kappa shape index (κ1) is 19.2. The third-order valence-electron chi connectivity index (χ3n) is 3.50. The summed E-state index contributed by atoms with van der Waals surface area (Å²) in [5.74, 6) is -3.63. The molecule has 1 atom stereocenters. The molecule has 2 aromatic rings. The zero-order chi connectivity index (χ0) is 18.8. The van der Waals surface area contributed by atoms with E-state index in [-0.39, 0.29) is 14.9 Å². The van der Waals surface area contributed by atoms with Gasteiger partial charge < -0.3 is 0 Å². The lowest BCUT2D eigenvalue weighted by Crippen LogP contribution is -2.48. The van der Waals surface area contributed by atoms with Crippen LogP contribution in [0.15, 0.2) is 47.6 Å². The topological polar surface area (TPSA) is 74.1 Å². The number of rotatable bonds is 5. The molecule has 0 fully saturated rings. The van der Waals surface area contributed by atoms with Crippen molar-refractivity contribution in [1.82, 2.24) is 9.29 Å². The van der Waals surface area contributed by atoms with Crippen LogP contribution in [0.3, 0.4) is 0 Å². The number of hydrogen-bond donors (Lipinski definition) is 0. The Labute approximate surface area is 147 Å². The monoisotopic (exact) mass is 389 g/mol. The first-order valence-corrected chi connectivity index (χ1v) is 8.53. The lowest BCUT2D eigenvalue weighted by Gasteiger charge is -2.33. The first-order chi connectivity index (χ1) is 11.6. The van der Waals surface area contributed by atoms with Crippen LogP contribution in [0.4, 0.5) is 13.2 Å². The van der Waals surface area contributed by atoms with E-state index in [1.165, 1.54) is 12.1 Å². The molecular formula is C15H11ClF3N3O2S. The van der Waals surface area contributed by atoms with Crippen molar-refractivity contribution in [3.63, 3.8) is 0 Å². The molecule has 0 aliphatic heterocycles. The highest BCUT2D eigenvalue weighted by atomic mass is 35.5. The zero-order valence-electron chi connectivity index (χ0n) is 12.7. The molecule has 1 aromatic carbocycles. The second kappa shape index (κ2) is 7.00. The Morgan fingerprint density at radius 3 is 2.40 bits per heavy atom. The molecule has 1 aromatic heterocycles. The van der Waals surface area contributed by atoms with E-state index in [1.807, 2.05) is 0 Å². The average molecular weight is 390 g/mol. The maximum absolute atomic E-state index is 15.2. The van der Waals surface area contributed by atoms with Gasteiger partial charge in [0.25, 0.3) is 12.2 Å². The molecule has 0 N–H and O–H groups in total. The molecule has 0 spiro atoms. The Morgan fingerprint density at radius 1 is 1.28 bits per heavy atom. The summed E-state index contributed by atoms with van der Waals surface area (Å²) in [5.41, 5.74) is -0.690. The minimum Gasteiger partial charge on any atom is -0.262 e. The van der Waals surface area contributed by atoms with Gasteiger partial charge in [-0.15, -0.1) is 0 Å². The lowest BCUT2D eigenvalue weighted by atomic mass is 10.1. The summed E-state index contributed by atoms with van der Waals surface area (Å²) in [6.07, 6.45) is -1.74. The molecule has 10 heteroatoms. The minimum absolute atomic E-state index is 0.0773. The number of nitriles is 1. The van der Waals surface area contributed by atoms with E-state index in [1.54, 1.807) is 6.07 Å². The number of halogens is 4. The van der Waals surface area contributed by atoms with Crippen molar-refractivity contribution < 1.29 is 21.6 Å². The van der Waals surface area contributed by atoms with Gasteiger partial charge in [-0.1, -0.05) is 23.7 Å². The Kier molecular flexibility index (Phi) is 5.37. The van der Waals surface area contributed by atoms with Gasteiger partial charge in [-0.05, 0) is 18.2 Å². The smallest absolute Gasteiger partial charge is 0.262 e. The summed E-state index contributed by atoms with van der Waals surface area (Å²) < 4.78 is 67.3. The number of aromatic nitrogens is 1. The standard InChI is InChI=1S/C15H11ClF3N3O2S/c1-22(25(23,24)13-6-10(7-20)8-21-9-13)15(19,14(17)18)11-2-4-12(16)5-3-11/h2-6,8-9,14H,1H3. The second-order valence-electron chi connectivity index (χ2n) is 4.97. The van der Waals surface area contributed by atoms with Crippen molar-refractivity contribution in [3.8, 4) is 6.07 Å². The van der Waals surface area contributed by atoms with Gasteiger partial charge in [0.2, 0.25) is 10.0 Å². The molecule has 0 aliphatic rings. The molecule has 25 heavy (non-hydrogen) atoms. The molecule has 1 unspecified atom stereocenters. The van der Waals surface area contributed by atoms with Gasteiger partial charge in [-0.25, -0.2) is 21.6 Å². The normalized spacial score (nSPS) is 14.3. The van der Waals surface area contributed by atoms with Crippen LogP contribution in [0.2, 0.25) is 5.02 Å². The number of benzene rings is 1. The van der Waals surface area contributed by atoms with Crippen molar-refractivity contribution in [2.45, 2.75) is 17.1 Å². The van der Waals surface area contributed by atoms with E-state index in [9.17, 15) is 17.2 Å². The Morgan fingerprint density at radius 2 is 1.88 bits per heavy atom. The predicted molar refractivity (Wildman–Crippen MR) is 84.1 cm³/mol. The van der Waals surface area contributed by atoms with Crippen LogP contribution in [0, 0.1) is 11.3 Å². The molecule has 132 valence electrons. The predicted octanol–water partition coefficient (Wildman–Crippen LogP) is 3.31. The van der Waals surface area contributed by atoms with Crippen LogP contribution in [0.5, 0.6) is 0 Å². The fraction of sp³-hybridized carbons (Fsp3) is 0.200. The SMILES string of the molecule is CN(C(F)(c1ccc(Cl)cc1)C(F)F)S(=O)(=O)c1cncc(C#N)c1. The maximum Gasteiger partial charge on any atom is 0.290 e. The largest absolute Gasteiger partial charge is 0.290 e. The molecule has 0 aliphatic carbocycles. The van der Waals surface area contributed by atoms with E-state index in [4.69, 9.17) is 16.9 Å². The number of pyridine rings is 1.